The standard InChI is InChI=1S/C13H22O/c1-13-7-6-11(10-13)9-12(13)5-3-2-4-8-14/h8,11-12H,2-7,9-10H2,1H3. The zero-order valence-electron chi connectivity index (χ0n) is 9.30. The van der Waals surface area contributed by atoms with Crippen LogP contribution < -0.4 is 0 Å². The minimum absolute atomic E-state index is 0.686. The summed E-state index contributed by atoms with van der Waals surface area (Å²) in [6, 6.07) is 0. The molecule has 3 unspecified atom stereocenters. The Morgan fingerprint density at radius 2 is 2.29 bits per heavy atom. The Kier molecular flexibility index (Phi) is 2.94. The predicted octanol–water partition coefficient (Wildman–Crippen LogP) is 3.57. The first-order valence-electron chi connectivity index (χ1n) is 6.18. The molecular formula is C13H22O. The van der Waals surface area contributed by atoms with Gasteiger partial charge in [-0.05, 0) is 55.8 Å². The van der Waals surface area contributed by atoms with Gasteiger partial charge in [-0.1, -0.05) is 13.3 Å². The highest BCUT2D eigenvalue weighted by molar-refractivity contribution is 5.48. The van der Waals surface area contributed by atoms with Gasteiger partial charge in [0, 0.05) is 6.42 Å². The van der Waals surface area contributed by atoms with E-state index in [-0.39, 0.29) is 0 Å². The summed E-state index contributed by atoms with van der Waals surface area (Å²) in [5.74, 6) is 2.03. The smallest absolute Gasteiger partial charge is 0.119 e. The number of hydrogen-bond acceptors (Lipinski definition) is 1. The van der Waals surface area contributed by atoms with E-state index < -0.39 is 0 Å². The Morgan fingerprint density at radius 1 is 1.43 bits per heavy atom. The number of aldehydes is 1. The molecule has 0 saturated heterocycles. The molecule has 2 fully saturated rings. The van der Waals surface area contributed by atoms with Crippen molar-refractivity contribution in [2.45, 2.75) is 58.3 Å². The van der Waals surface area contributed by atoms with Gasteiger partial charge in [-0.15, -0.1) is 0 Å². The van der Waals surface area contributed by atoms with E-state index in [0.717, 1.165) is 31.0 Å². The number of carbonyl (C=O) groups is 1. The minimum atomic E-state index is 0.686. The summed E-state index contributed by atoms with van der Waals surface area (Å²) in [5.41, 5.74) is 0.686. The van der Waals surface area contributed by atoms with E-state index in [9.17, 15) is 4.79 Å². The summed E-state index contributed by atoms with van der Waals surface area (Å²) in [4.78, 5) is 10.2. The second-order valence-corrected chi connectivity index (χ2v) is 5.65. The minimum Gasteiger partial charge on any atom is -0.303 e. The van der Waals surface area contributed by atoms with Crippen molar-refractivity contribution >= 4 is 6.29 Å². The molecule has 3 atom stereocenters. The summed E-state index contributed by atoms with van der Waals surface area (Å²) in [7, 11) is 0. The fraction of sp³-hybridized carbons (Fsp3) is 0.923. The largest absolute Gasteiger partial charge is 0.303 e. The quantitative estimate of drug-likeness (QED) is 0.483. The lowest BCUT2D eigenvalue weighted by Crippen LogP contribution is -2.21. The van der Waals surface area contributed by atoms with E-state index in [1.165, 1.54) is 38.5 Å². The SMILES string of the molecule is CC12CCC(CC1CCCCC=O)C2. The van der Waals surface area contributed by atoms with Gasteiger partial charge in [0.05, 0.1) is 0 Å². The van der Waals surface area contributed by atoms with Crippen molar-refractivity contribution in [2.75, 3.05) is 0 Å². The molecule has 80 valence electrons. The molecule has 0 heterocycles. The molecule has 1 nitrogen and oxygen atoms in total. The Labute approximate surface area is 87.3 Å². The summed E-state index contributed by atoms with van der Waals surface area (Å²) < 4.78 is 0. The van der Waals surface area contributed by atoms with Crippen molar-refractivity contribution < 1.29 is 4.79 Å². The fourth-order valence-electron chi connectivity index (χ4n) is 3.74. The number of rotatable bonds is 5. The third-order valence-corrected chi connectivity index (χ3v) is 4.61. The maximum Gasteiger partial charge on any atom is 0.119 e. The molecular weight excluding hydrogens is 172 g/mol. The summed E-state index contributed by atoms with van der Waals surface area (Å²) in [6.07, 6.45) is 11.5. The Hall–Kier alpha value is -0.330. The van der Waals surface area contributed by atoms with Crippen LogP contribution in [-0.4, -0.2) is 6.29 Å². The van der Waals surface area contributed by atoms with E-state index >= 15 is 0 Å². The molecule has 2 bridgehead atoms. The van der Waals surface area contributed by atoms with Crippen molar-refractivity contribution in [3.05, 3.63) is 0 Å². The van der Waals surface area contributed by atoms with Crippen LogP contribution in [0, 0.1) is 17.3 Å². The van der Waals surface area contributed by atoms with E-state index in [4.69, 9.17) is 0 Å². The molecule has 0 aromatic carbocycles. The van der Waals surface area contributed by atoms with Gasteiger partial charge in [0.1, 0.15) is 6.29 Å². The van der Waals surface area contributed by atoms with Crippen molar-refractivity contribution in [2.24, 2.45) is 17.3 Å². The van der Waals surface area contributed by atoms with Crippen molar-refractivity contribution in [3.8, 4) is 0 Å². The average molecular weight is 194 g/mol. The van der Waals surface area contributed by atoms with Crippen LogP contribution in [0.3, 0.4) is 0 Å². The molecule has 0 amide bonds. The fourth-order valence-corrected chi connectivity index (χ4v) is 3.74. The van der Waals surface area contributed by atoms with Gasteiger partial charge < -0.3 is 4.79 Å². The van der Waals surface area contributed by atoms with Crippen LogP contribution in [0.15, 0.2) is 0 Å². The molecule has 1 heteroatoms. The highest BCUT2D eigenvalue weighted by Crippen LogP contribution is 2.58. The van der Waals surface area contributed by atoms with Gasteiger partial charge in [0.15, 0.2) is 0 Å². The second-order valence-electron chi connectivity index (χ2n) is 5.65. The second kappa shape index (κ2) is 4.04. The third-order valence-electron chi connectivity index (χ3n) is 4.61. The van der Waals surface area contributed by atoms with Gasteiger partial charge >= 0.3 is 0 Å². The zero-order chi connectivity index (χ0) is 10.0. The van der Waals surface area contributed by atoms with Gasteiger partial charge in [-0.3, -0.25) is 0 Å². The monoisotopic (exact) mass is 194 g/mol. The van der Waals surface area contributed by atoms with Crippen LogP contribution in [-0.2, 0) is 4.79 Å². The number of carbonyl (C=O) groups excluding carboxylic acids is 1. The Bertz CT molecular complexity index is 211. The molecule has 0 spiro atoms. The first-order chi connectivity index (χ1) is 6.74. The third kappa shape index (κ3) is 1.87. The predicted molar refractivity (Wildman–Crippen MR) is 58.1 cm³/mol. The van der Waals surface area contributed by atoms with Crippen LogP contribution >= 0.6 is 0 Å². The molecule has 2 saturated carbocycles. The number of fused-ring (bicyclic) bond motifs is 2. The molecule has 0 aromatic rings. The molecule has 2 aliphatic rings. The summed E-state index contributed by atoms with van der Waals surface area (Å²) >= 11 is 0. The lowest BCUT2D eigenvalue weighted by Gasteiger charge is -2.31. The summed E-state index contributed by atoms with van der Waals surface area (Å²) in [6.45, 7) is 2.49. The highest BCUT2D eigenvalue weighted by Gasteiger charge is 2.47. The number of hydrogen-bond donors (Lipinski definition) is 0. The highest BCUT2D eigenvalue weighted by atomic mass is 16.1. The van der Waals surface area contributed by atoms with E-state index in [0.29, 0.717) is 5.41 Å². The molecule has 0 radical (unpaired) electrons. The maximum absolute atomic E-state index is 10.2. The molecule has 0 aromatic heterocycles. The summed E-state index contributed by atoms with van der Waals surface area (Å²) in [5, 5.41) is 0. The van der Waals surface area contributed by atoms with Gasteiger partial charge in [0.2, 0.25) is 0 Å². The molecule has 0 aliphatic heterocycles. The first kappa shape index (κ1) is 10.2. The normalized spacial score (nSPS) is 40.4. The van der Waals surface area contributed by atoms with Gasteiger partial charge in [0.25, 0.3) is 0 Å². The van der Waals surface area contributed by atoms with Crippen molar-refractivity contribution in [1.29, 1.82) is 0 Å². The van der Waals surface area contributed by atoms with E-state index in [2.05, 4.69) is 6.92 Å². The lowest BCUT2D eigenvalue weighted by molar-refractivity contribution is -0.107. The van der Waals surface area contributed by atoms with E-state index in [1.54, 1.807) is 0 Å². The van der Waals surface area contributed by atoms with Crippen LogP contribution in [0.4, 0.5) is 0 Å². The van der Waals surface area contributed by atoms with Gasteiger partial charge in [-0.2, -0.15) is 0 Å². The van der Waals surface area contributed by atoms with Crippen LogP contribution in [0.2, 0.25) is 0 Å². The van der Waals surface area contributed by atoms with Crippen molar-refractivity contribution in [3.63, 3.8) is 0 Å². The van der Waals surface area contributed by atoms with Gasteiger partial charge in [-0.25, -0.2) is 0 Å². The Morgan fingerprint density at radius 3 is 2.86 bits per heavy atom. The first-order valence-corrected chi connectivity index (χ1v) is 6.18. The maximum atomic E-state index is 10.2. The molecule has 0 N–H and O–H groups in total. The van der Waals surface area contributed by atoms with Crippen LogP contribution in [0.5, 0.6) is 0 Å². The van der Waals surface area contributed by atoms with Crippen LogP contribution in [0.1, 0.15) is 58.3 Å². The topological polar surface area (TPSA) is 17.1 Å². The average Bonchev–Trinajstić information content (AvgIpc) is 2.67. The molecule has 2 rings (SSSR count). The molecule has 14 heavy (non-hydrogen) atoms. The number of unbranched alkanes of at least 4 members (excludes halogenated alkanes) is 2. The van der Waals surface area contributed by atoms with Crippen molar-refractivity contribution in [1.82, 2.24) is 0 Å². The molecule has 2 aliphatic carbocycles. The van der Waals surface area contributed by atoms with Crippen LogP contribution in [0.25, 0.3) is 0 Å². The Balaban J connectivity index is 1.74. The lowest BCUT2D eigenvalue weighted by atomic mass is 9.74. The zero-order valence-corrected chi connectivity index (χ0v) is 9.30. The van der Waals surface area contributed by atoms with E-state index in [1.807, 2.05) is 0 Å².